The highest BCUT2D eigenvalue weighted by atomic mass is 35.5. The zero-order valence-electron chi connectivity index (χ0n) is 17.8. The average molecular weight is 478 g/mol. The number of nitrogens with zero attached hydrogens (tertiary/aromatic N) is 4. The van der Waals surface area contributed by atoms with Crippen LogP contribution in [0.15, 0.2) is 23.0 Å². The lowest BCUT2D eigenvalue weighted by molar-refractivity contribution is -0.0872. The molecule has 4 rings (SSSR count). The molecule has 12 heteroatoms. The van der Waals surface area contributed by atoms with E-state index in [-0.39, 0.29) is 10.7 Å². The van der Waals surface area contributed by atoms with Crippen LogP contribution in [0.5, 0.6) is 0 Å². The quantitative estimate of drug-likeness (QED) is 0.582. The molecule has 0 spiro atoms. The van der Waals surface area contributed by atoms with Gasteiger partial charge in [0.1, 0.15) is 22.7 Å². The molecule has 0 radical (unpaired) electrons. The van der Waals surface area contributed by atoms with E-state index in [0.29, 0.717) is 19.0 Å². The van der Waals surface area contributed by atoms with E-state index in [4.69, 9.17) is 17.3 Å². The van der Waals surface area contributed by atoms with Crippen LogP contribution in [-0.4, -0.2) is 59.0 Å². The van der Waals surface area contributed by atoms with E-state index < -0.39 is 35.6 Å². The highest BCUT2D eigenvalue weighted by Crippen LogP contribution is 2.36. The SMILES string of the molecule is CNC1=NC(N)(c2cnn([C@@H]3CCN(C4CCCCC4)C[C@H]3F)c2Cl)NC=C1C(F)(F)F. The van der Waals surface area contributed by atoms with E-state index in [0.717, 1.165) is 25.6 Å². The van der Waals surface area contributed by atoms with Crippen molar-refractivity contribution in [3.63, 3.8) is 0 Å². The Morgan fingerprint density at radius 3 is 2.59 bits per heavy atom. The summed E-state index contributed by atoms with van der Waals surface area (Å²) < 4.78 is 56.2. The minimum Gasteiger partial charge on any atom is -0.373 e. The van der Waals surface area contributed by atoms with Crippen LogP contribution in [0.25, 0.3) is 0 Å². The van der Waals surface area contributed by atoms with E-state index in [9.17, 15) is 13.2 Å². The predicted octanol–water partition coefficient (Wildman–Crippen LogP) is 3.19. The number of halogens is 5. The van der Waals surface area contributed by atoms with Gasteiger partial charge in [-0.1, -0.05) is 30.9 Å². The van der Waals surface area contributed by atoms with Crippen LogP contribution < -0.4 is 16.4 Å². The van der Waals surface area contributed by atoms with Crippen molar-refractivity contribution in [2.75, 3.05) is 20.1 Å². The number of aromatic nitrogens is 2. The average Bonchev–Trinajstić information content (AvgIpc) is 3.15. The second kappa shape index (κ2) is 8.83. The second-order valence-electron chi connectivity index (χ2n) is 8.63. The molecule has 1 aliphatic carbocycles. The molecule has 1 aromatic heterocycles. The standard InChI is InChI=1S/C20H28ClF4N7/c1-27-18-14(19(23,24)25)9-28-20(26,30-18)13-10-29-32(17(13)21)16-7-8-31(11-15(16)22)12-5-3-2-4-6-12/h9-10,12,15-16,28H,2-8,11,26H2,1H3,(H,27,30)/t15-,16-,20?/m1/s1. The topological polar surface area (TPSA) is 83.5 Å². The van der Waals surface area contributed by atoms with Crippen LogP contribution in [0.1, 0.15) is 50.1 Å². The summed E-state index contributed by atoms with van der Waals surface area (Å²) in [7, 11) is 1.32. The van der Waals surface area contributed by atoms with Gasteiger partial charge in [-0.15, -0.1) is 0 Å². The van der Waals surface area contributed by atoms with Gasteiger partial charge in [0, 0.05) is 32.4 Å². The predicted molar refractivity (Wildman–Crippen MR) is 114 cm³/mol. The van der Waals surface area contributed by atoms with Crippen LogP contribution in [0.2, 0.25) is 5.15 Å². The normalized spacial score (nSPS) is 30.5. The molecular weight excluding hydrogens is 450 g/mol. The summed E-state index contributed by atoms with van der Waals surface area (Å²) in [5, 5.41) is 9.20. The maximum atomic E-state index is 15.2. The number of nitrogens with two attached hydrogens (primary N) is 1. The molecule has 3 heterocycles. The third kappa shape index (κ3) is 4.34. The molecule has 1 unspecified atom stereocenters. The Kier molecular flexibility index (Phi) is 6.43. The minimum atomic E-state index is -4.61. The third-order valence-electron chi connectivity index (χ3n) is 6.61. The maximum absolute atomic E-state index is 15.2. The highest BCUT2D eigenvalue weighted by Gasteiger charge is 2.44. The van der Waals surface area contributed by atoms with Gasteiger partial charge in [0.25, 0.3) is 0 Å². The van der Waals surface area contributed by atoms with E-state index in [1.54, 1.807) is 0 Å². The number of amidine groups is 1. The molecule has 3 atom stereocenters. The molecular formula is C20H28ClF4N7. The second-order valence-corrected chi connectivity index (χ2v) is 8.99. The van der Waals surface area contributed by atoms with Gasteiger partial charge in [-0.3, -0.25) is 10.6 Å². The fourth-order valence-electron chi connectivity index (χ4n) is 4.87. The van der Waals surface area contributed by atoms with Gasteiger partial charge in [-0.25, -0.2) is 14.1 Å². The highest BCUT2D eigenvalue weighted by molar-refractivity contribution is 6.30. The van der Waals surface area contributed by atoms with Gasteiger partial charge in [0.15, 0.2) is 0 Å². The van der Waals surface area contributed by atoms with Gasteiger partial charge in [0.2, 0.25) is 5.79 Å². The number of nitrogens with one attached hydrogen (secondary N) is 2. The van der Waals surface area contributed by atoms with Crippen molar-refractivity contribution in [3.05, 3.63) is 28.7 Å². The monoisotopic (exact) mass is 477 g/mol. The van der Waals surface area contributed by atoms with Crippen molar-refractivity contribution in [3.8, 4) is 0 Å². The summed E-state index contributed by atoms with van der Waals surface area (Å²) in [6.07, 6.45) is 2.65. The number of aliphatic imine (C=N–C) groups is 1. The van der Waals surface area contributed by atoms with Crippen molar-refractivity contribution in [1.82, 2.24) is 25.3 Å². The lowest BCUT2D eigenvalue weighted by atomic mass is 9.91. The van der Waals surface area contributed by atoms with Crippen LogP contribution in [-0.2, 0) is 5.79 Å². The summed E-state index contributed by atoms with van der Waals surface area (Å²) in [5.41, 5.74) is 5.45. The largest absolute Gasteiger partial charge is 0.421 e. The fourth-order valence-corrected chi connectivity index (χ4v) is 5.23. The molecule has 3 aliphatic rings. The van der Waals surface area contributed by atoms with Gasteiger partial charge < -0.3 is 10.6 Å². The first-order chi connectivity index (χ1) is 15.1. The van der Waals surface area contributed by atoms with Crippen molar-refractivity contribution < 1.29 is 17.6 Å². The lowest BCUT2D eigenvalue weighted by Gasteiger charge is -2.41. The number of hydrogen-bond donors (Lipinski definition) is 3. The molecule has 1 saturated heterocycles. The number of piperidine rings is 1. The molecule has 4 N–H and O–H groups in total. The lowest BCUT2D eigenvalue weighted by Crippen LogP contribution is -2.52. The Morgan fingerprint density at radius 1 is 1.25 bits per heavy atom. The minimum absolute atomic E-state index is 0.0572. The van der Waals surface area contributed by atoms with Crippen LogP contribution in [0.4, 0.5) is 17.6 Å². The summed E-state index contributed by atoms with van der Waals surface area (Å²) in [4.78, 5) is 6.23. The maximum Gasteiger partial charge on any atom is 0.421 e. The van der Waals surface area contributed by atoms with E-state index in [2.05, 4.69) is 25.6 Å². The molecule has 2 fully saturated rings. The zero-order chi connectivity index (χ0) is 23.1. The molecule has 32 heavy (non-hydrogen) atoms. The molecule has 0 amide bonds. The number of likely N-dealkylation sites (tertiary alicyclic amines) is 1. The van der Waals surface area contributed by atoms with Gasteiger partial charge in [-0.05, 0) is 19.3 Å². The fraction of sp³-hybridized carbons (Fsp3) is 0.700. The molecule has 0 bridgehead atoms. The zero-order valence-corrected chi connectivity index (χ0v) is 18.6. The Balaban J connectivity index is 1.53. The van der Waals surface area contributed by atoms with Crippen molar-refractivity contribution >= 4 is 17.4 Å². The first-order valence-electron chi connectivity index (χ1n) is 10.9. The van der Waals surface area contributed by atoms with E-state index in [1.807, 2.05) is 0 Å². The summed E-state index contributed by atoms with van der Waals surface area (Å²) >= 11 is 6.52. The number of likely N-dealkylation sites (N-methyl/N-ethyl adjacent to an activating group) is 1. The molecule has 0 aromatic carbocycles. The molecule has 1 saturated carbocycles. The van der Waals surface area contributed by atoms with Crippen LogP contribution >= 0.6 is 11.6 Å². The van der Waals surface area contributed by atoms with E-state index in [1.165, 1.54) is 37.2 Å². The Labute approximate surface area is 189 Å². The molecule has 2 aliphatic heterocycles. The number of hydrogen-bond acceptors (Lipinski definition) is 6. The molecule has 178 valence electrons. The Hall–Kier alpha value is -1.85. The van der Waals surface area contributed by atoms with Gasteiger partial charge >= 0.3 is 6.18 Å². The first-order valence-corrected chi connectivity index (χ1v) is 11.3. The summed E-state index contributed by atoms with van der Waals surface area (Å²) in [6.45, 7) is 1.06. The van der Waals surface area contributed by atoms with Crippen molar-refractivity contribution in [2.24, 2.45) is 10.7 Å². The molecule has 1 aromatic rings. The summed E-state index contributed by atoms with van der Waals surface area (Å²) in [5.74, 6) is -2.19. The van der Waals surface area contributed by atoms with Gasteiger partial charge in [0.05, 0.1) is 17.8 Å². The number of rotatable bonds is 3. The van der Waals surface area contributed by atoms with Crippen LogP contribution in [0.3, 0.4) is 0 Å². The first kappa shape index (κ1) is 23.3. The van der Waals surface area contributed by atoms with Crippen molar-refractivity contribution in [2.45, 2.75) is 68.7 Å². The summed E-state index contributed by atoms with van der Waals surface area (Å²) in [6, 6.07) is -0.147. The van der Waals surface area contributed by atoms with Crippen LogP contribution in [0, 0.1) is 0 Å². The van der Waals surface area contributed by atoms with Crippen molar-refractivity contribution in [1.29, 1.82) is 0 Å². The molecule has 7 nitrogen and oxygen atoms in total. The smallest absolute Gasteiger partial charge is 0.373 e. The van der Waals surface area contributed by atoms with Gasteiger partial charge in [-0.2, -0.15) is 18.3 Å². The third-order valence-corrected chi connectivity index (χ3v) is 6.99. The Morgan fingerprint density at radius 2 is 1.97 bits per heavy atom. The number of alkyl halides is 4. The van der Waals surface area contributed by atoms with E-state index >= 15 is 4.39 Å². The Bertz CT molecular complexity index is 893.